The minimum atomic E-state index is 0.868. The van der Waals surface area contributed by atoms with E-state index in [1.54, 1.807) is 0 Å². The van der Waals surface area contributed by atoms with Crippen LogP contribution in [0.2, 0.25) is 0 Å². The number of benzene rings is 18. The molecule has 0 unspecified atom stereocenters. The average molecular weight is 1570 g/mol. The second kappa shape index (κ2) is 31.7. The number of fused-ring (bicyclic) bond motifs is 12. The van der Waals surface area contributed by atoms with Gasteiger partial charge in [-0.25, -0.2) is 29.9 Å². The molecule has 0 saturated heterocycles. The van der Waals surface area contributed by atoms with Gasteiger partial charge >= 0.3 is 0 Å². The van der Waals surface area contributed by atoms with E-state index < -0.39 is 0 Å². The van der Waals surface area contributed by atoms with E-state index in [2.05, 4.69) is 378 Å². The Morgan fingerprint density at radius 3 is 0.675 bits per heavy atom. The van der Waals surface area contributed by atoms with Gasteiger partial charge < -0.3 is 0 Å². The Kier molecular flexibility index (Phi) is 18.8. The predicted octanol–water partition coefficient (Wildman–Crippen LogP) is 29.2. The SMILES string of the molecule is c1ccc(-c2cccc(-c3ccc(-c4ccc5c(c4)c4nc6ccccc6nc4n5-c4ccccc4)cc3)c2)cc1.c1ccc(-c2ccccc2-c2ccc(-c3ccc4c(c3)c3nc5ccccc5nc3n4-c3ccccc3)cc2)cc1.c1ccc(-c2ccccc2-c2cccc(-c3ccc4c(c3)c3nc5ccccc5nc3n4-c3ccccc3)c2)cc1. The summed E-state index contributed by atoms with van der Waals surface area (Å²) in [5.74, 6) is 0. The van der Waals surface area contributed by atoms with E-state index in [0.29, 0.717) is 0 Å². The molecule has 24 rings (SSSR count). The van der Waals surface area contributed by atoms with E-state index in [-0.39, 0.29) is 0 Å². The smallest absolute Gasteiger partial charge is 0.165 e. The van der Waals surface area contributed by atoms with E-state index in [1.165, 1.54) is 83.5 Å². The van der Waals surface area contributed by atoms with Crippen LogP contribution in [0.25, 0.3) is 217 Å². The molecule has 0 aliphatic rings. The highest BCUT2D eigenvalue weighted by Gasteiger charge is 2.22. The van der Waals surface area contributed by atoms with Crippen LogP contribution >= 0.6 is 0 Å². The van der Waals surface area contributed by atoms with Gasteiger partial charge in [0.1, 0.15) is 16.6 Å². The Hall–Kier alpha value is -16.6. The van der Waals surface area contributed by atoms with Crippen molar-refractivity contribution in [2.45, 2.75) is 0 Å². The molecule has 0 N–H and O–H groups in total. The van der Waals surface area contributed by atoms with Gasteiger partial charge in [0.2, 0.25) is 0 Å². The monoisotopic (exact) mass is 1570 g/mol. The molecule has 0 bridgehead atoms. The zero-order valence-electron chi connectivity index (χ0n) is 66.8. The quantitative estimate of drug-likeness (QED) is 0.121. The van der Waals surface area contributed by atoms with Gasteiger partial charge in [-0.05, 0) is 221 Å². The first-order valence-corrected chi connectivity index (χ1v) is 41.5. The van der Waals surface area contributed by atoms with Crippen LogP contribution in [0.5, 0.6) is 0 Å². The number of para-hydroxylation sites is 9. The minimum absolute atomic E-state index is 0.868. The van der Waals surface area contributed by atoms with Gasteiger partial charge in [0.25, 0.3) is 0 Å². The third-order valence-electron chi connectivity index (χ3n) is 23.4. The lowest BCUT2D eigenvalue weighted by atomic mass is 9.92. The molecule has 9 heteroatoms. The molecule has 0 amide bonds. The molecule has 24 aromatic rings. The van der Waals surface area contributed by atoms with Gasteiger partial charge in [-0.2, -0.15) is 0 Å². The lowest BCUT2D eigenvalue weighted by Gasteiger charge is -2.12. The van der Waals surface area contributed by atoms with Crippen LogP contribution in [0.3, 0.4) is 0 Å². The van der Waals surface area contributed by atoms with Gasteiger partial charge in [-0.1, -0.05) is 334 Å². The minimum Gasteiger partial charge on any atom is -0.293 e. The maximum Gasteiger partial charge on any atom is 0.165 e. The summed E-state index contributed by atoms with van der Waals surface area (Å²) in [6.07, 6.45) is 0. The largest absolute Gasteiger partial charge is 0.293 e. The third-order valence-corrected chi connectivity index (χ3v) is 23.4. The van der Waals surface area contributed by atoms with Gasteiger partial charge in [0.15, 0.2) is 16.9 Å². The summed E-state index contributed by atoms with van der Waals surface area (Å²) in [4.78, 5) is 30.5. The average Bonchev–Trinajstić information content (AvgIpc) is 1.59. The molecule has 6 heterocycles. The van der Waals surface area contributed by atoms with Crippen molar-refractivity contribution in [3.05, 3.63) is 455 Å². The zero-order valence-corrected chi connectivity index (χ0v) is 66.8. The van der Waals surface area contributed by atoms with Crippen molar-refractivity contribution >= 4 is 99.3 Å². The number of aromatic nitrogens is 9. The lowest BCUT2D eigenvalue weighted by Crippen LogP contribution is -1.96. The fraction of sp³-hybridized carbons (Fsp3) is 0. The normalized spacial score (nSPS) is 11.4. The summed E-state index contributed by atoms with van der Waals surface area (Å²) in [7, 11) is 0. The van der Waals surface area contributed by atoms with Crippen LogP contribution in [-0.2, 0) is 0 Å². The first-order valence-electron chi connectivity index (χ1n) is 41.5. The first-order chi connectivity index (χ1) is 61.0. The van der Waals surface area contributed by atoms with Crippen molar-refractivity contribution < 1.29 is 0 Å². The van der Waals surface area contributed by atoms with Gasteiger partial charge in [-0.15, -0.1) is 0 Å². The molecular formula is C114H75N9. The summed E-state index contributed by atoms with van der Waals surface area (Å²) < 4.78 is 6.66. The van der Waals surface area contributed by atoms with Gasteiger partial charge in [-0.3, -0.25) is 13.7 Å². The highest BCUT2D eigenvalue weighted by molar-refractivity contribution is 6.12. The van der Waals surface area contributed by atoms with Crippen LogP contribution in [0.15, 0.2) is 455 Å². The number of nitrogens with zero attached hydrogens (tertiary/aromatic N) is 9. The molecule has 123 heavy (non-hydrogen) atoms. The van der Waals surface area contributed by atoms with E-state index in [0.717, 1.165) is 133 Å². The first kappa shape index (κ1) is 72.8. The molecule has 0 saturated carbocycles. The van der Waals surface area contributed by atoms with Gasteiger partial charge in [0, 0.05) is 33.2 Å². The Labute approximate surface area is 710 Å². The Balaban J connectivity index is 0.000000110. The van der Waals surface area contributed by atoms with Crippen LogP contribution < -0.4 is 0 Å². The molecule has 0 radical (unpaired) electrons. The number of rotatable bonds is 12. The Bertz CT molecular complexity index is 8060. The van der Waals surface area contributed by atoms with E-state index in [9.17, 15) is 0 Å². The van der Waals surface area contributed by atoms with Crippen LogP contribution in [0.4, 0.5) is 0 Å². The highest BCUT2D eigenvalue weighted by atomic mass is 15.1. The van der Waals surface area contributed by atoms with Crippen molar-refractivity contribution in [1.82, 2.24) is 43.6 Å². The molecule has 6 aromatic heterocycles. The molecule has 576 valence electrons. The summed E-state index contributed by atoms with van der Waals surface area (Å²) in [6, 6.07) is 160. The Morgan fingerprint density at radius 2 is 0.341 bits per heavy atom. The van der Waals surface area contributed by atoms with Crippen molar-refractivity contribution in [1.29, 1.82) is 0 Å². The number of hydrogen-bond acceptors (Lipinski definition) is 6. The summed E-state index contributed by atoms with van der Waals surface area (Å²) in [6.45, 7) is 0. The zero-order chi connectivity index (χ0) is 81.5. The summed E-state index contributed by atoms with van der Waals surface area (Å²) in [5.41, 5.74) is 38.8. The van der Waals surface area contributed by atoms with E-state index in [4.69, 9.17) is 29.9 Å². The molecule has 9 nitrogen and oxygen atoms in total. The fourth-order valence-electron chi connectivity index (χ4n) is 17.4. The maximum atomic E-state index is 5.11. The van der Waals surface area contributed by atoms with Crippen molar-refractivity contribution in [2.24, 2.45) is 0 Å². The van der Waals surface area contributed by atoms with Gasteiger partial charge in [0.05, 0.1) is 49.7 Å². The predicted molar refractivity (Wildman–Crippen MR) is 511 cm³/mol. The van der Waals surface area contributed by atoms with Crippen LogP contribution in [0, 0.1) is 0 Å². The molecule has 0 atom stereocenters. The molecule has 0 aliphatic heterocycles. The Morgan fingerprint density at radius 1 is 0.138 bits per heavy atom. The summed E-state index contributed by atoms with van der Waals surface area (Å²) >= 11 is 0. The second-order valence-corrected chi connectivity index (χ2v) is 30.9. The van der Waals surface area contributed by atoms with Crippen molar-refractivity contribution in [3.63, 3.8) is 0 Å². The lowest BCUT2D eigenvalue weighted by molar-refractivity contribution is 1.14. The van der Waals surface area contributed by atoms with Crippen LogP contribution in [-0.4, -0.2) is 43.6 Å². The fourth-order valence-corrected chi connectivity index (χ4v) is 17.4. The summed E-state index contributed by atoms with van der Waals surface area (Å²) in [5, 5.41) is 3.28. The van der Waals surface area contributed by atoms with Crippen molar-refractivity contribution in [2.75, 3.05) is 0 Å². The number of hydrogen-bond donors (Lipinski definition) is 0. The highest BCUT2D eigenvalue weighted by Crippen LogP contribution is 2.42. The molecule has 0 fully saturated rings. The molecule has 0 spiro atoms. The molecular weight excluding hydrogens is 1500 g/mol. The topological polar surface area (TPSA) is 92.1 Å². The maximum absolute atomic E-state index is 5.11. The van der Waals surface area contributed by atoms with E-state index >= 15 is 0 Å². The third kappa shape index (κ3) is 13.8. The van der Waals surface area contributed by atoms with Crippen molar-refractivity contribution in [3.8, 4) is 117 Å². The van der Waals surface area contributed by atoms with E-state index in [1.807, 2.05) is 91.0 Å². The second-order valence-electron chi connectivity index (χ2n) is 30.9. The molecule has 18 aromatic carbocycles. The van der Waals surface area contributed by atoms with Crippen LogP contribution in [0.1, 0.15) is 0 Å². The standard InChI is InChI=1S/3C38H25N3/c1-3-12-26(13-4-1)31-18-7-8-19-32(31)29-15-11-14-27(24-29)28-22-23-36-33(25-28)37-38(41(36)30-16-5-2-6-17-30)40-35-21-10-9-20-34(35)39-37;1-3-11-27(12-4-1)31-15-7-8-16-32(31)28-21-19-26(20-22-28)29-23-24-36-33(25-29)37-38(41(36)30-13-5-2-6-14-30)40-35-18-10-9-17-34(35)39-37;1-3-10-26(11-4-1)29-12-9-13-30(24-29)27-18-20-28(21-19-27)31-22-23-36-33(25-31)37-38(41(36)32-14-5-2-6-15-32)40-35-17-8-7-16-34(35)39-37/h3*1-25H. The molecule has 0 aliphatic carbocycles.